The first kappa shape index (κ1) is 11.3. The third kappa shape index (κ3) is 1.54. The highest BCUT2D eigenvalue weighted by Gasteiger charge is 2.54. The van der Waals surface area contributed by atoms with E-state index in [0.717, 1.165) is 18.4 Å². The van der Waals surface area contributed by atoms with Crippen LogP contribution in [0.4, 0.5) is 0 Å². The van der Waals surface area contributed by atoms with E-state index in [0.29, 0.717) is 11.5 Å². The summed E-state index contributed by atoms with van der Waals surface area (Å²) < 4.78 is 15.2. The van der Waals surface area contributed by atoms with Crippen LogP contribution >= 0.6 is 0 Å². The summed E-state index contributed by atoms with van der Waals surface area (Å²) in [5.74, 6) is 0.767. The van der Waals surface area contributed by atoms with Gasteiger partial charge in [0.15, 0.2) is 17.6 Å². The Hall–Kier alpha value is -1.75. The SMILES string of the molecule is COC(=O)C(O)C1(c2ccc3c(c2)OCO3)CC1. The summed E-state index contributed by atoms with van der Waals surface area (Å²) in [6, 6.07) is 5.51. The van der Waals surface area contributed by atoms with Crippen LogP contribution in [0.2, 0.25) is 0 Å². The maximum absolute atomic E-state index is 11.5. The number of methoxy groups -OCH3 is 1. The molecule has 1 unspecified atom stereocenters. The van der Waals surface area contributed by atoms with Crippen LogP contribution in [0.3, 0.4) is 0 Å². The molecule has 5 heteroatoms. The number of aliphatic hydroxyl groups excluding tert-OH is 1. The normalized spacial score (nSPS) is 20.3. The van der Waals surface area contributed by atoms with Crippen molar-refractivity contribution in [3.63, 3.8) is 0 Å². The monoisotopic (exact) mass is 250 g/mol. The highest BCUT2D eigenvalue weighted by molar-refractivity contribution is 5.77. The molecule has 3 rings (SSSR count). The fraction of sp³-hybridized carbons (Fsp3) is 0.462. The van der Waals surface area contributed by atoms with Gasteiger partial charge in [-0.05, 0) is 30.5 Å². The van der Waals surface area contributed by atoms with Gasteiger partial charge in [0.25, 0.3) is 0 Å². The van der Waals surface area contributed by atoms with Gasteiger partial charge in [0, 0.05) is 5.41 Å². The van der Waals surface area contributed by atoms with Crippen molar-refractivity contribution in [2.24, 2.45) is 0 Å². The summed E-state index contributed by atoms with van der Waals surface area (Å²) in [5, 5.41) is 10.1. The molecule has 1 aliphatic carbocycles. The van der Waals surface area contributed by atoms with Crippen LogP contribution in [0, 0.1) is 0 Å². The van der Waals surface area contributed by atoms with E-state index in [1.165, 1.54) is 7.11 Å². The summed E-state index contributed by atoms with van der Waals surface area (Å²) in [6.45, 7) is 0.214. The fourth-order valence-corrected chi connectivity index (χ4v) is 2.40. The first-order valence-corrected chi connectivity index (χ1v) is 5.83. The quantitative estimate of drug-likeness (QED) is 0.810. The van der Waals surface area contributed by atoms with Gasteiger partial charge in [-0.15, -0.1) is 0 Å². The molecule has 0 spiro atoms. The van der Waals surface area contributed by atoms with Gasteiger partial charge in [-0.3, -0.25) is 0 Å². The van der Waals surface area contributed by atoms with Crippen LogP contribution in [0.5, 0.6) is 11.5 Å². The Balaban J connectivity index is 1.92. The minimum absolute atomic E-state index is 0.214. The van der Waals surface area contributed by atoms with Crippen molar-refractivity contribution in [1.29, 1.82) is 0 Å². The Morgan fingerprint density at radius 3 is 2.78 bits per heavy atom. The molecule has 1 heterocycles. The molecule has 0 amide bonds. The molecule has 96 valence electrons. The lowest BCUT2D eigenvalue weighted by atomic mass is 9.89. The van der Waals surface area contributed by atoms with Crippen LogP contribution < -0.4 is 9.47 Å². The Labute approximate surface area is 104 Å². The summed E-state index contributed by atoms with van der Waals surface area (Å²) in [6.07, 6.45) is 0.411. The van der Waals surface area contributed by atoms with E-state index in [4.69, 9.17) is 9.47 Å². The maximum atomic E-state index is 11.5. The molecule has 0 radical (unpaired) electrons. The highest BCUT2D eigenvalue weighted by atomic mass is 16.7. The number of carbonyl (C=O) groups excluding carboxylic acids is 1. The van der Waals surface area contributed by atoms with Crippen molar-refractivity contribution in [2.45, 2.75) is 24.4 Å². The zero-order valence-electron chi connectivity index (χ0n) is 10.0. The van der Waals surface area contributed by atoms with Crippen molar-refractivity contribution < 1.29 is 24.1 Å². The predicted octanol–water partition coefficient (Wildman–Crippen LogP) is 0.981. The van der Waals surface area contributed by atoms with Crippen LogP contribution in [-0.4, -0.2) is 31.1 Å². The molecule has 18 heavy (non-hydrogen) atoms. The summed E-state index contributed by atoms with van der Waals surface area (Å²) in [7, 11) is 1.28. The lowest BCUT2D eigenvalue weighted by molar-refractivity contribution is -0.152. The van der Waals surface area contributed by atoms with E-state index in [1.807, 2.05) is 18.2 Å². The van der Waals surface area contributed by atoms with E-state index < -0.39 is 17.5 Å². The number of benzene rings is 1. The standard InChI is InChI=1S/C13H14O5/c1-16-12(15)11(14)13(4-5-13)8-2-3-9-10(6-8)18-7-17-9/h2-3,6,11,14H,4-5,7H2,1H3. The molecule has 1 aliphatic heterocycles. The second-order valence-electron chi connectivity index (χ2n) is 4.65. The second kappa shape index (κ2) is 3.88. The minimum Gasteiger partial charge on any atom is -0.467 e. The average Bonchev–Trinajstić information content (AvgIpc) is 3.08. The van der Waals surface area contributed by atoms with E-state index >= 15 is 0 Å². The molecule has 0 bridgehead atoms. The Bertz CT molecular complexity index is 492. The van der Waals surface area contributed by atoms with E-state index in [-0.39, 0.29) is 6.79 Å². The fourth-order valence-electron chi connectivity index (χ4n) is 2.40. The van der Waals surface area contributed by atoms with Gasteiger partial charge < -0.3 is 19.3 Å². The summed E-state index contributed by atoms with van der Waals surface area (Å²) in [4.78, 5) is 11.5. The molecule has 1 fully saturated rings. The smallest absolute Gasteiger partial charge is 0.335 e. The number of hydrogen-bond donors (Lipinski definition) is 1. The predicted molar refractivity (Wildman–Crippen MR) is 61.5 cm³/mol. The van der Waals surface area contributed by atoms with E-state index in [9.17, 15) is 9.90 Å². The minimum atomic E-state index is -1.12. The summed E-state index contributed by atoms with van der Waals surface area (Å²) in [5.41, 5.74) is 0.373. The van der Waals surface area contributed by atoms with Gasteiger partial charge in [-0.1, -0.05) is 6.07 Å². The summed E-state index contributed by atoms with van der Waals surface area (Å²) >= 11 is 0. The lowest BCUT2D eigenvalue weighted by Gasteiger charge is -2.20. The number of hydrogen-bond acceptors (Lipinski definition) is 5. The Morgan fingerprint density at radius 1 is 1.39 bits per heavy atom. The molecule has 2 aliphatic rings. The van der Waals surface area contributed by atoms with Crippen LogP contribution in [0.1, 0.15) is 18.4 Å². The van der Waals surface area contributed by atoms with Gasteiger partial charge in [0.2, 0.25) is 6.79 Å². The van der Waals surface area contributed by atoms with Crippen molar-refractivity contribution in [2.75, 3.05) is 13.9 Å². The van der Waals surface area contributed by atoms with Crippen molar-refractivity contribution >= 4 is 5.97 Å². The Kier molecular flexibility index (Phi) is 2.45. The topological polar surface area (TPSA) is 65.0 Å². The van der Waals surface area contributed by atoms with E-state index in [1.54, 1.807) is 0 Å². The van der Waals surface area contributed by atoms with Gasteiger partial charge in [-0.25, -0.2) is 4.79 Å². The first-order valence-electron chi connectivity index (χ1n) is 5.83. The molecular formula is C13H14O5. The van der Waals surface area contributed by atoms with Gasteiger partial charge >= 0.3 is 5.97 Å². The molecule has 0 aromatic heterocycles. The number of carbonyl (C=O) groups is 1. The average molecular weight is 250 g/mol. The first-order chi connectivity index (χ1) is 8.67. The molecule has 0 saturated heterocycles. The Morgan fingerprint density at radius 2 is 2.11 bits per heavy atom. The number of ether oxygens (including phenoxy) is 3. The van der Waals surface area contributed by atoms with Crippen molar-refractivity contribution in [1.82, 2.24) is 0 Å². The zero-order chi connectivity index (χ0) is 12.8. The third-order valence-electron chi connectivity index (χ3n) is 3.68. The van der Waals surface area contributed by atoms with Crippen LogP contribution in [0.25, 0.3) is 0 Å². The van der Waals surface area contributed by atoms with Crippen LogP contribution in [0.15, 0.2) is 18.2 Å². The molecule has 5 nitrogen and oxygen atoms in total. The third-order valence-corrected chi connectivity index (χ3v) is 3.68. The maximum Gasteiger partial charge on any atom is 0.335 e. The molecule has 1 atom stereocenters. The number of fused-ring (bicyclic) bond motifs is 1. The second-order valence-corrected chi connectivity index (χ2v) is 4.65. The van der Waals surface area contributed by atoms with Crippen LogP contribution in [-0.2, 0) is 14.9 Å². The van der Waals surface area contributed by atoms with Gasteiger partial charge in [-0.2, -0.15) is 0 Å². The van der Waals surface area contributed by atoms with Crippen molar-refractivity contribution in [3.05, 3.63) is 23.8 Å². The number of esters is 1. The molecule has 1 N–H and O–H groups in total. The zero-order valence-corrected chi connectivity index (χ0v) is 10.0. The highest BCUT2D eigenvalue weighted by Crippen LogP contribution is 2.53. The van der Waals surface area contributed by atoms with Crippen molar-refractivity contribution in [3.8, 4) is 11.5 Å². The molecular weight excluding hydrogens is 236 g/mol. The molecule has 1 aromatic carbocycles. The lowest BCUT2D eigenvalue weighted by Crippen LogP contribution is -2.34. The van der Waals surface area contributed by atoms with E-state index in [2.05, 4.69) is 4.74 Å². The number of rotatable bonds is 3. The number of aliphatic hydroxyl groups is 1. The largest absolute Gasteiger partial charge is 0.467 e. The molecule has 1 aromatic rings. The van der Waals surface area contributed by atoms with Gasteiger partial charge in [0.05, 0.1) is 7.11 Å². The van der Waals surface area contributed by atoms with Gasteiger partial charge in [0.1, 0.15) is 0 Å². The molecule has 1 saturated carbocycles.